The zero-order valence-electron chi connectivity index (χ0n) is 9.03. The van der Waals surface area contributed by atoms with Gasteiger partial charge in [-0.2, -0.15) is 0 Å². The molecule has 3 N–H and O–H groups in total. The van der Waals surface area contributed by atoms with Gasteiger partial charge >= 0.3 is 0 Å². The van der Waals surface area contributed by atoms with Gasteiger partial charge in [0.2, 0.25) is 5.88 Å². The zero-order chi connectivity index (χ0) is 12.0. The Hall–Kier alpha value is -1.68. The van der Waals surface area contributed by atoms with Crippen LogP contribution in [0, 0.1) is 0 Å². The number of nitrogens with zero attached hydrogens (tertiary/aromatic N) is 1. The van der Waals surface area contributed by atoms with Crippen molar-refractivity contribution >= 4 is 17.5 Å². The molecular weight excluding hydrogens is 240 g/mol. The fourth-order valence-electron chi connectivity index (χ4n) is 2.34. The lowest BCUT2D eigenvalue weighted by Gasteiger charge is -2.09. The summed E-state index contributed by atoms with van der Waals surface area (Å²) in [4.78, 5) is 0. The van der Waals surface area contributed by atoms with E-state index in [-0.39, 0.29) is 11.6 Å². The molecule has 0 saturated carbocycles. The Morgan fingerprint density at radius 3 is 2.88 bits per heavy atom. The van der Waals surface area contributed by atoms with Crippen LogP contribution in [0.1, 0.15) is 17.5 Å². The molecule has 0 spiro atoms. The van der Waals surface area contributed by atoms with Gasteiger partial charge in [-0.15, -0.1) is 0 Å². The molecule has 1 aliphatic rings. The van der Waals surface area contributed by atoms with Crippen molar-refractivity contribution in [2.24, 2.45) is 0 Å². The van der Waals surface area contributed by atoms with Gasteiger partial charge in [0, 0.05) is 5.56 Å². The Bertz CT molecular complexity index is 592. The summed E-state index contributed by atoms with van der Waals surface area (Å²) in [5.41, 5.74) is 9.04. The van der Waals surface area contributed by atoms with E-state index in [1.807, 2.05) is 6.07 Å². The Morgan fingerprint density at radius 2 is 2.18 bits per heavy atom. The van der Waals surface area contributed by atoms with E-state index in [1.165, 1.54) is 11.8 Å². The van der Waals surface area contributed by atoms with Crippen molar-refractivity contribution in [2.75, 3.05) is 5.73 Å². The average Bonchev–Trinajstić information content (AvgIpc) is 2.92. The largest absolute Gasteiger partial charge is 0.506 e. The van der Waals surface area contributed by atoms with Crippen molar-refractivity contribution in [3.8, 4) is 16.9 Å². The van der Waals surface area contributed by atoms with Crippen molar-refractivity contribution in [3.63, 3.8) is 0 Å². The van der Waals surface area contributed by atoms with Crippen molar-refractivity contribution in [1.82, 2.24) is 5.16 Å². The highest BCUT2D eigenvalue weighted by Gasteiger charge is 2.22. The summed E-state index contributed by atoms with van der Waals surface area (Å²) in [6.45, 7) is 0. The van der Waals surface area contributed by atoms with E-state index >= 15 is 0 Å². The van der Waals surface area contributed by atoms with E-state index in [1.54, 1.807) is 0 Å². The lowest BCUT2D eigenvalue weighted by Crippen LogP contribution is -1.90. The number of aryl methyl sites for hydroxylation is 1. The molecule has 0 bridgehead atoms. The zero-order valence-corrected chi connectivity index (χ0v) is 9.79. The van der Waals surface area contributed by atoms with Gasteiger partial charge in [-0.25, -0.2) is 0 Å². The van der Waals surface area contributed by atoms with Gasteiger partial charge in [-0.1, -0.05) is 16.8 Å². The van der Waals surface area contributed by atoms with Crippen molar-refractivity contribution in [1.29, 1.82) is 0 Å². The van der Waals surface area contributed by atoms with Crippen LogP contribution < -0.4 is 5.73 Å². The van der Waals surface area contributed by atoms with E-state index in [0.717, 1.165) is 24.8 Å². The Balaban J connectivity index is 2.25. The molecule has 0 atom stereocenters. The molecule has 3 rings (SSSR count). The second-order valence-corrected chi connectivity index (χ2v) is 4.56. The van der Waals surface area contributed by atoms with Crippen LogP contribution in [0.2, 0.25) is 5.02 Å². The van der Waals surface area contributed by atoms with E-state index < -0.39 is 0 Å². The SMILES string of the molecule is Nc1oncc1-c1cc2c(c(Cl)c1O)CCC2. The third kappa shape index (κ3) is 1.48. The molecule has 17 heavy (non-hydrogen) atoms. The molecule has 5 heteroatoms. The first-order chi connectivity index (χ1) is 8.18. The van der Waals surface area contributed by atoms with Crippen LogP contribution in [0.25, 0.3) is 11.1 Å². The second-order valence-electron chi connectivity index (χ2n) is 4.18. The van der Waals surface area contributed by atoms with Crippen LogP contribution in [-0.4, -0.2) is 10.3 Å². The van der Waals surface area contributed by atoms with Crippen LogP contribution in [0.3, 0.4) is 0 Å². The van der Waals surface area contributed by atoms with E-state index in [2.05, 4.69) is 5.16 Å². The number of phenolic OH excluding ortho intramolecular Hbond substituents is 1. The molecule has 0 aliphatic heterocycles. The Morgan fingerprint density at radius 1 is 1.35 bits per heavy atom. The van der Waals surface area contributed by atoms with Crippen molar-refractivity contribution in [2.45, 2.75) is 19.3 Å². The number of halogens is 1. The third-order valence-corrected chi connectivity index (χ3v) is 3.60. The number of phenols is 1. The van der Waals surface area contributed by atoms with E-state index in [9.17, 15) is 5.11 Å². The maximum atomic E-state index is 10.1. The normalized spacial score (nSPS) is 13.9. The average molecular weight is 251 g/mol. The van der Waals surface area contributed by atoms with Gasteiger partial charge in [0.1, 0.15) is 5.75 Å². The summed E-state index contributed by atoms with van der Waals surface area (Å²) >= 11 is 6.17. The molecule has 1 aliphatic carbocycles. The Labute approximate surface area is 103 Å². The summed E-state index contributed by atoms with van der Waals surface area (Å²) < 4.78 is 4.81. The monoisotopic (exact) mass is 250 g/mol. The van der Waals surface area contributed by atoms with Gasteiger partial charge in [0.05, 0.1) is 16.8 Å². The minimum absolute atomic E-state index is 0.0576. The fraction of sp³-hybridized carbons (Fsp3) is 0.250. The smallest absolute Gasteiger partial charge is 0.230 e. The molecule has 0 unspecified atom stereocenters. The number of rotatable bonds is 1. The first-order valence-corrected chi connectivity index (χ1v) is 5.80. The maximum Gasteiger partial charge on any atom is 0.230 e. The molecular formula is C12H11ClN2O2. The highest BCUT2D eigenvalue weighted by Crippen LogP contribution is 2.43. The molecule has 0 amide bonds. The molecule has 0 saturated heterocycles. The van der Waals surface area contributed by atoms with Crippen LogP contribution in [0.5, 0.6) is 5.75 Å². The van der Waals surface area contributed by atoms with Crippen molar-refractivity contribution < 1.29 is 9.63 Å². The molecule has 0 fully saturated rings. The van der Waals surface area contributed by atoms with Crippen LogP contribution in [0.15, 0.2) is 16.8 Å². The maximum absolute atomic E-state index is 10.1. The number of hydrogen-bond acceptors (Lipinski definition) is 4. The van der Waals surface area contributed by atoms with Gasteiger partial charge < -0.3 is 15.4 Å². The summed E-state index contributed by atoms with van der Waals surface area (Å²) in [6, 6.07) is 1.92. The molecule has 88 valence electrons. The van der Waals surface area contributed by atoms with Crippen LogP contribution in [0.4, 0.5) is 5.88 Å². The second kappa shape index (κ2) is 3.67. The topological polar surface area (TPSA) is 72.3 Å². The summed E-state index contributed by atoms with van der Waals surface area (Å²) in [6.07, 6.45) is 4.45. The molecule has 2 aromatic rings. The van der Waals surface area contributed by atoms with Gasteiger partial charge in [-0.3, -0.25) is 0 Å². The fourth-order valence-corrected chi connectivity index (χ4v) is 2.65. The predicted molar refractivity (Wildman–Crippen MR) is 65.1 cm³/mol. The number of nitrogens with two attached hydrogens (primary N) is 1. The number of aromatic nitrogens is 1. The summed E-state index contributed by atoms with van der Waals surface area (Å²) in [5.74, 6) is 0.247. The lowest BCUT2D eigenvalue weighted by molar-refractivity contribution is 0.436. The van der Waals surface area contributed by atoms with E-state index in [4.69, 9.17) is 21.9 Å². The highest BCUT2D eigenvalue weighted by atomic mass is 35.5. The van der Waals surface area contributed by atoms with E-state index in [0.29, 0.717) is 16.1 Å². The summed E-state index contributed by atoms with van der Waals surface area (Å²) in [7, 11) is 0. The van der Waals surface area contributed by atoms with Gasteiger partial charge in [0.25, 0.3) is 0 Å². The molecule has 1 heterocycles. The standard InChI is InChI=1S/C12H11ClN2O2/c13-10-7-3-1-2-6(7)4-8(11(10)16)9-5-15-17-12(9)14/h4-5,16H,1-3,14H2. The number of aromatic hydroxyl groups is 1. The molecule has 1 aromatic heterocycles. The highest BCUT2D eigenvalue weighted by molar-refractivity contribution is 6.33. The molecule has 0 radical (unpaired) electrons. The lowest BCUT2D eigenvalue weighted by atomic mass is 10.0. The van der Waals surface area contributed by atoms with Crippen LogP contribution >= 0.6 is 11.6 Å². The van der Waals surface area contributed by atoms with Gasteiger partial charge in [-0.05, 0) is 36.5 Å². The first-order valence-electron chi connectivity index (χ1n) is 5.42. The number of benzene rings is 1. The minimum atomic E-state index is 0.0576. The Kier molecular flexibility index (Phi) is 2.26. The molecule has 1 aromatic carbocycles. The number of anilines is 1. The van der Waals surface area contributed by atoms with Crippen LogP contribution in [-0.2, 0) is 12.8 Å². The summed E-state index contributed by atoms with van der Waals surface area (Å²) in [5, 5.41) is 14.1. The quantitative estimate of drug-likeness (QED) is 0.816. The minimum Gasteiger partial charge on any atom is -0.506 e. The number of nitrogen functional groups attached to an aromatic ring is 1. The number of fused-ring (bicyclic) bond motifs is 1. The first kappa shape index (κ1) is 10.5. The number of hydrogen-bond donors (Lipinski definition) is 2. The van der Waals surface area contributed by atoms with Gasteiger partial charge in [0.15, 0.2) is 0 Å². The van der Waals surface area contributed by atoms with Crippen molar-refractivity contribution in [3.05, 3.63) is 28.4 Å². The molecule has 4 nitrogen and oxygen atoms in total. The predicted octanol–water partition coefficient (Wildman–Crippen LogP) is 2.77. The third-order valence-electron chi connectivity index (χ3n) is 3.20.